The Kier molecular flexibility index (Phi) is 5.09. The average molecular weight is 397 g/mol. The third-order valence-corrected chi connectivity index (χ3v) is 7.30. The van der Waals surface area contributed by atoms with Crippen molar-refractivity contribution < 1.29 is 13.2 Å². The van der Waals surface area contributed by atoms with Crippen molar-refractivity contribution in [2.24, 2.45) is 11.8 Å². The maximum absolute atomic E-state index is 15.4. The molecular weight excluding hydrogens is 366 g/mol. The molecule has 0 radical (unpaired) electrons. The summed E-state index contributed by atoms with van der Waals surface area (Å²) in [6, 6.07) is 7.61. The largest absolute Gasteiger partial charge is 0.450 e. The van der Waals surface area contributed by atoms with Crippen LogP contribution in [0, 0.1) is 23.5 Å². The number of benzene rings is 2. The predicted octanol–water partition coefficient (Wildman–Crippen LogP) is 8.28. The summed E-state index contributed by atoms with van der Waals surface area (Å²) in [5.41, 5.74) is 1.89. The Morgan fingerprint density at radius 3 is 2.10 bits per heavy atom. The van der Waals surface area contributed by atoms with E-state index in [1.54, 1.807) is 0 Å². The second-order valence-electron chi connectivity index (χ2n) is 9.35. The lowest BCUT2D eigenvalue weighted by atomic mass is 9.77. The van der Waals surface area contributed by atoms with E-state index in [1.807, 2.05) is 24.3 Å². The number of aryl methyl sites for hydroxylation is 1. The van der Waals surface area contributed by atoms with Gasteiger partial charge in [0.05, 0.1) is 0 Å². The van der Waals surface area contributed by atoms with Crippen LogP contribution in [0.15, 0.2) is 28.7 Å². The van der Waals surface area contributed by atoms with Crippen molar-refractivity contribution in [2.45, 2.75) is 77.0 Å². The normalized spacial score (nSPS) is 22.6. The second kappa shape index (κ2) is 7.74. The molecule has 3 aromatic rings. The number of rotatable bonds is 6. The molecule has 0 atom stereocenters. The second-order valence-corrected chi connectivity index (χ2v) is 9.35. The van der Waals surface area contributed by atoms with Crippen molar-refractivity contribution in [2.75, 3.05) is 0 Å². The zero-order valence-corrected chi connectivity index (χ0v) is 17.3. The lowest BCUT2D eigenvalue weighted by molar-refractivity contribution is 0.304. The number of hydrogen-bond acceptors (Lipinski definition) is 1. The van der Waals surface area contributed by atoms with Crippen LogP contribution in [0.3, 0.4) is 0 Å². The molecule has 154 valence electrons. The van der Waals surface area contributed by atoms with E-state index in [4.69, 9.17) is 4.42 Å². The molecule has 1 nitrogen and oxygen atoms in total. The fourth-order valence-electron chi connectivity index (χ4n) is 5.34. The Bertz CT molecular complexity index is 1020. The van der Waals surface area contributed by atoms with Gasteiger partial charge in [-0.15, -0.1) is 0 Å². The first kappa shape index (κ1) is 19.1. The Hall–Kier alpha value is -1.90. The molecule has 2 fully saturated rings. The molecule has 0 bridgehead atoms. The summed E-state index contributed by atoms with van der Waals surface area (Å²) < 4.78 is 36.3. The minimum atomic E-state index is -0.305. The molecule has 0 unspecified atom stereocenters. The summed E-state index contributed by atoms with van der Waals surface area (Å²) in [4.78, 5) is 0. The van der Waals surface area contributed by atoms with Crippen molar-refractivity contribution in [3.8, 4) is 0 Å². The summed E-state index contributed by atoms with van der Waals surface area (Å²) in [5.74, 6) is 1.21. The van der Waals surface area contributed by atoms with Crippen LogP contribution in [-0.4, -0.2) is 0 Å². The summed E-state index contributed by atoms with van der Waals surface area (Å²) in [5, 5.41) is 1.37. The van der Waals surface area contributed by atoms with E-state index < -0.39 is 0 Å². The van der Waals surface area contributed by atoms with Gasteiger partial charge < -0.3 is 4.42 Å². The SMILES string of the molecule is CCCC1CCC(c2ccc3c(oc4c(F)c(CCC5CC5)ccc43)c2F)CC1. The lowest BCUT2D eigenvalue weighted by Gasteiger charge is -2.28. The first-order valence-corrected chi connectivity index (χ1v) is 11.5. The van der Waals surface area contributed by atoms with Gasteiger partial charge in [-0.25, -0.2) is 8.78 Å². The van der Waals surface area contributed by atoms with Gasteiger partial charge in [-0.2, -0.15) is 0 Å². The number of fused-ring (bicyclic) bond motifs is 3. The van der Waals surface area contributed by atoms with Crippen molar-refractivity contribution in [1.29, 1.82) is 0 Å². The maximum Gasteiger partial charge on any atom is 0.171 e. The molecule has 5 rings (SSSR count). The van der Waals surface area contributed by atoms with Gasteiger partial charge in [-0.1, -0.05) is 44.7 Å². The van der Waals surface area contributed by atoms with E-state index in [-0.39, 0.29) is 28.7 Å². The standard InChI is InChI=1S/C26H30F2O/c1-2-3-16-6-9-18(10-7-16)20-14-15-22-21-13-12-19(11-8-17-4-5-17)23(27)25(21)29-26(22)24(20)28/h12-18H,2-11H2,1H3. The van der Waals surface area contributed by atoms with Crippen LogP contribution in [0.25, 0.3) is 21.9 Å². The summed E-state index contributed by atoms with van der Waals surface area (Å²) in [6.07, 6.45) is 11.2. The van der Waals surface area contributed by atoms with E-state index in [1.165, 1.54) is 38.5 Å². The molecular formula is C26H30F2O. The van der Waals surface area contributed by atoms with Crippen molar-refractivity contribution in [1.82, 2.24) is 0 Å². The quantitative estimate of drug-likeness (QED) is 0.408. The van der Waals surface area contributed by atoms with Gasteiger partial charge in [0, 0.05) is 10.8 Å². The molecule has 29 heavy (non-hydrogen) atoms. The molecule has 0 amide bonds. The van der Waals surface area contributed by atoms with Gasteiger partial charge >= 0.3 is 0 Å². The third kappa shape index (κ3) is 3.58. The zero-order valence-electron chi connectivity index (χ0n) is 17.3. The smallest absolute Gasteiger partial charge is 0.171 e. The molecule has 2 aliphatic rings. The highest BCUT2D eigenvalue weighted by atomic mass is 19.1. The molecule has 0 saturated heterocycles. The van der Waals surface area contributed by atoms with Crippen LogP contribution in [0.5, 0.6) is 0 Å². The van der Waals surface area contributed by atoms with Gasteiger partial charge in [0.25, 0.3) is 0 Å². The van der Waals surface area contributed by atoms with Crippen LogP contribution in [-0.2, 0) is 6.42 Å². The molecule has 2 saturated carbocycles. The molecule has 0 aliphatic heterocycles. The van der Waals surface area contributed by atoms with Crippen LogP contribution in [0.1, 0.15) is 81.8 Å². The lowest BCUT2D eigenvalue weighted by Crippen LogP contribution is -2.14. The molecule has 1 heterocycles. The van der Waals surface area contributed by atoms with Crippen LogP contribution in [0.4, 0.5) is 8.78 Å². The summed E-state index contributed by atoms with van der Waals surface area (Å²) in [7, 11) is 0. The van der Waals surface area contributed by atoms with E-state index in [2.05, 4.69) is 6.92 Å². The van der Waals surface area contributed by atoms with Crippen LogP contribution < -0.4 is 0 Å². The van der Waals surface area contributed by atoms with Crippen molar-refractivity contribution >= 4 is 21.9 Å². The van der Waals surface area contributed by atoms with Crippen LogP contribution >= 0.6 is 0 Å². The first-order chi connectivity index (χ1) is 14.2. The van der Waals surface area contributed by atoms with Gasteiger partial charge in [-0.05, 0) is 79.5 Å². The predicted molar refractivity (Wildman–Crippen MR) is 114 cm³/mol. The molecule has 2 aliphatic carbocycles. The molecule has 3 heteroatoms. The van der Waals surface area contributed by atoms with Crippen LogP contribution in [0.2, 0.25) is 0 Å². The minimum absolute atomic E-state index is 0.219. The average Bonchev–Trinajstić information content (AvgIpc) is 3.48. The monoisotopic (exact) mass is 396 g/mol. The summed E-state index contributed by atoms with van der Waals surface area (Å²) in [6.45, 7) is 2.23. The molecule has 0 N–H and O–H groups in total. The Morgan fingerprint density at radius 2 is 1.41 bits per heavy atom. The van der Waals surface area contributed by atoms with Crippen molar-refractivity contribution in [3.05, 3.63) is 47.0 Å². The van der Waals surface area contributed by atoms with Gasteiger partial charge in [0.2, 0.25) is 0 Å². The fraction of sp³-hybridized carbons (Fsp3) is 0.538. The summed E-state index contributed by atoms with van der Waals surface area (Å²) >= 11 is 0. The highest BCUT2D eigenvalue weighted by molar-refractivity contribution is 6.05. The number of hydrogen-bond donors (Lipinski definition) is 0. The molecule has 0 spiro atoms. The Labute approximate surface area is 171 Å². The third-order valence-electron chi connectivity index (χ3n) is 7.30. The highest BCUT2D eigenvalue weighted by Gasteiger charge is 2.27. The van der Waals surface area contributed by atoms with Gasteiger partial charge in [-0.3, -0.25) is 0 Å². The van der Waals surface area contributed by atoms with E-state index in [0.29, 0.717) is 16.3 Å². The Morgan fingerprint density at radius 1 is 0.793 bits per heavy atom. The van der Waals surface area contributed by atoms with E-state index in [9.17, 15) is 0 Å². The zero-order chi connectivity index (χ0) is 20.0. The number of halogens is 2. The molecule has 1 aromatic heterocycles. The first-order valence-electron chi connectivity index (χ1n) is 11.5. The topological polar surface area (TPSA) is 13.1 Å². The number of furan rings is 1. The molecule has 2 aromatic carbocycles. The van der Waals surface area contributed by atoms with E-state index in [0.717, 1.165) is 43.1 Å². The maximum atomic E-state index is 15.4. The van der Waals surface area contributed by atoms with E-state index >= 15 is 8.78 Å². The Balaban J connectivity index is 1.46. The highest BCUT2D eigenvalue weighted by Crippen LogP contribution is 2.42. The van der Waals surface area contributed by atoms with Gasteiger partial charge in [0.1, 0.15) is 0 Å². The minimum Gasteiger partial charge on any atom is -0.450 e. The fourth-order valence-corrected chi connectivity index (χ4v) is 5.34. The van der Waals surface area contributed by atoms with Gasteiger partial charge in [0.15, 0.2) is 22.8 Å². The van der Waals surface area contributed by atoms with Crippen molar-refractivity contribution in [3.63, 3.8) is 0 Å².